The summed E-state index contributed by atoms with van der Waals surface area (Å²) in [6.45, 7) is 4.00. The zero-order valence-corrected chi connectivity index (χ0v) is 11.8. The molecule has 104 valence electrons. The van der Waals surface area contributed by atoms with Gasteiger partial charge in [0.25, 0.3) is 0 Å². The molecule has 3 N–H and O–H groups in total. The SMILES string of the molecule is CCCCC(N)C(=O)N1C(CC)SCC1C(=O)O. The van der Waals surface area contributed by atoms with E-state index in [-0.39, 0.29) is 11.3 Å². The zero-order chi connectivity index (χ0) is 13.7. The molecule has 0 aliphatic carbocycles. The number of carboxylic acids is 1. The molecule has 0 saturated carbocycles. The third kappa shape index (κ3) is 3.38. The highest BCUT2D eigenvalue weighted by molar-refractivity contribution is 8.00. The van der Waals surface area contributed by atoms with Crippen molar-refractivity contribution in [3.63, 3.8) is 0 Å². The van der Waals surface area contributed by atoms with Crippen molar-refractivity contribution in [1.29, 1.82) is 0 Å². The minimum absolute atomic E-state index is 0.0497. The van der Waals surface area contributed by atoms with Gasteiger partial charge in [-0.05, 0) is 12.8 Å². The lowest BCUT2D eigenvalue weighted by Gasteiger charge is -2.29. The van der Waals surface area contributed by atoms with Gasteiger partial charge in [-0.2, -0.15) is 0 Å². The number of hydrogen-bond donors (Lipinski definition) is 2. The van der Waals surface area contributed by atoms with E-state index in [1.165, 1.54) is 16.7 Å². The van der Waals surface area contributed by atoms with Crippen molar-refractivity contribution in [1.82, 2.24) is 4.90 Å². The van der Waals surface area contributed by atoms with Gasteiger partial charge in [-0.1, -0.05) is 26.7 Å². The number of carbonyl (C=O) groups is 2. The predicted octanol–water partition coefficient (Wildman–Crippen LogP) is 1.27. The smallest absolute Gasteiger partial charge is 0.327 e. The number of carboxylic acid groups (broad SMARTS) is 1. The molecule has 3 unspecified atom stereocenters. The average molecular weight is 274 g/mol. The van der Waals surface area contributed by atoms with Gasteiger partial charge in [-0.25, -0.2) is 4.79 Å². The van der Waals surface area contributed by atoms with E-state index < -0.39 is 18.1 Å². The van der Waals surface area contributed by atoms with Crippen LogP contribution in [0.3, 0.4) is 0 Å². The van der Waals surface area contributed by atoms with Crippen LogP contribution in [0, 0.1) is 0 Å². The second-order valence-electron chi connectivity index (χ2n) is 4.54. The first kappa shape index (κ1) is 15.3. The molecule has 1 heterocycles. The van der Waals surface area contributed by atoms with Crippen LogP contribution in [0.2, 0.25) is 0 Å². The van der Waals surface area contributed by atoms with Crippen molar-refractivity contribution in [2.45, 2.75) is 57.0 Å². The van der Waals surface area contributed by atoms with Crippen molar-refractivity contribution in [3.05, 3.63) is 0 Å². The number of nitrogens with two attached hydrogens (primary N) is 1. The van der Waals surface area contributed by atoms with Gasteiger partial charge >= 0.3 is 5.97 Å². The molecule has 0 aromatic carbocycles. The highest BCUT2D eigenvalue weighted by Gasteiger charge is 2.41. The topological polar surface area (TPSA) is 83.6 Å². The number of carbonyl (C=O) groups excluding carboxylic acids is 1. The monoisotopic (exact) mass is 274 g/mol. The number of nitrogens with zero attached hydrogens (tertiary/aromatic N) is 1. The Kier molecular flexibility index (Phi) is 5.95. The number of amides is 1. The van der Waals surface area contributed by atoms with E-state index >= 15 is 0 Å². The first-order valence-electron chi connectivity index (χ1n) is 6.45. The van der Waals surface area contributed by atoms with Gasteiger partial charge in [0.2, 0.25) is 5.91 Å². The highest BCUT2D eigenvalue weighted by Crippen LogP contribution is 2.32. The van der Waals surface area contributed by atoms with E-state index in [4.69, 9.17) is 10.8 Å². The molecule has 18 heavy (non-hydrogen) atoms. The molecule has 0 aromatic rings. The molecule has 0 bridgehead atoms. The van der Waals surface area contributed by atoms with Gasteiger partial charge in [0.1, 0.15) is 6.04 Å². The normalized spacial score (nSPS) is 25.2. The molecule has 1 rings (SSSR count). The Hall–Kier alpha value is -0.750. The summed E-state index contributed by atoms with van der Waals surface area (Å²) in [5.74, 6) is -0.692. The number of aliphatic carboxylic acids is 1. The van der Waals surface area contributed by atoms with Crippen LogP contribution >= 0.6 is 11.8 Å². The van der Waals surface area contributed by atoms with Crippen LogP contribution in [0.5, 0.6) is 0 Å². The van der Waals surface area contributed by atoms with Gasteiger partial charge in [0, 0.05) is 5.75 Å². The van der Waals surface area contributed by atoms with Crippen LogP contribution in [-0.2, 0) is 9.59 Å². The summed E-state index contributed by atoms with van der Waals surface area (Å²) in [5.41, 5.74) is 5.87. The molecule has 3 atom stereocenters. The summed E-state index contributed by atoms with van der Waals surface area (Å²) in [5, 5.41) is 9.11. The maximum atomic E-state index is 12.3. The van der Waals surface area contributed by atoms with E-state index in [1.807, 2.05) is 13.8 Å². The minimum Gasteiger partial charge on any atom is -0.480 e. The maximum Gasteiger partial charge on any atom is 0.327 e. The van der Waals surface area contributed by atoms with Gasteiger partial charge < -0.3 is 15.7 Å². The molecule has 5 nitrogen and oxygen atoms in total. The van der Waals surface area contributed by atoms with E-state index in [1.54, 1.807) is 0 Å². The van der Waals surface area contributed by atoms with Crippen LogP contribution in [0.1, 0.15) is 39.5 Å². The Bertz CT molecular complexity index is 312. The number of unbranched alkanes of at least 4 members (excludes halogenated alkanes) is 1. The highest BCUT2D eigenvalue weighted by atomic mass is 32.2. The first-order chi connectivity index (χ1) is 8.52. The Labute approximate surface area is 112 Å². The minimum atomic E-state index is -0.936. The van der Waals surface area contributed by atoms with E-state index in [0.717, 1.165) is 19.3 Å². The van der Waals surface area contributed by atoms with Crippen LogP contribution < -0.4 is 5.73 Å². The van der Waals surface area contributed by atoms with Crippen molar-refractivity contribution in [2.24, 2.45) is 5.73 Å². The van der Waals surface area contributed by atoms with Gasteiger partial charge in [0.05, 0.1) is 11.4 Å². The third-order valence-corrected chi connectivity index (χ3v) is 4.62. The summed E-state index contributed by atoms with van der Waals surface area (Å²) in [7, 11) is 0. The standard InChI is InChI=1S/C12H22N2O3S/c1-3-5-6-8(13)11(15)14-9(12(16)17)7-18-10(14)4-2/h8-10H,3-7,13H2,1-2H3,(H,16,17). The lowest BCUT2D eigenvalue weighted by molar-refractivity contribution is -0.149. The predicted molar refractivity (Wildman–Crippen MR) is 72.3 cm³/mol. The van der Waals surface area contributed by atoms with E-state index in [2.05, 4.69) is 0 Å². The lowest BCUT2D eigenvalue weighted by atomic mass is 10.1. The third-order valence-electron chi connectivity index (χ3n) is 3.17. The molecule has 6 heteroatoms. The molecule has 0 radical (unpaired) electrons. The summed E-state index contributed by atoms with van der Waals surface area (Å²) < 4.78 is 0. The maximum absolute atomic E-state index is 12.3. The van der Waals surface area contributed by atoms with Gasteiger partial charge in [-0.3, -0.25) is 4.79 Å². The van der Waals surface area contributed by atoms with E-state index in [9.17, 15) is 9.59 Å². The first-order valence-corrected chi connectivity index (χ1v) is 7.49. The average Bonchev–Trinajstić information content (AvgIpc) is 2.78. The Morgan fingerprint density at radius 1 is 1.50 bits per heavy atom. The van der Waals surface area contributed by atoms with Crippen molar-refractivity contribution >= 4 is 23.6 Å². The Morgan fingerprint density at radius 2 is 2.17 bits per heavy atom. The molecule has 0 spiro atoms. The Morgan fingerprint density at radius 3 is 2.67 bits per heavy atom. The lowest BCUT2D eigenvalue weighted by Crippen LogP contribution is -2.51. The number of thioether (sulfide) groups is 1. The second kappa shape index (κ2) is 6.99. The van der Waals surface area contributed by atoms with Crippen LogP contribution in [0.25, 0.3) is 0 Å². The molecule has 1 aliphatic heterocycles. The molecular formula is C12H22N2O3S. The summed E-state index contributed by atoms with van der Waals surface area (Å²) in [6.07, 6.45) is 3.25. The zero-order valence-electron chi connectivity index (χ0n) is 11.0. The van der Waals surface area contributed by atoms with Crippen molar-refractivity contribution in [3.8, 4) is 0 Å². The van der Waals surface area contributed by atoms with Crippen molar-refractivity contribution < 1.29 is 14.7 Å². The van der Waals surface area contributed by atoms with E-state index in [0.29, 0.717) is 12.2 Å². The number of rotatable bonds is 6. The molecular weight excluding hydrogens is 252 g/mol. The summed E-state index contributed by atoms with van der Waals surface area (Å²) >= 11 is 1.53. The van der Waals surface area contributed by atoms with Gasteiger partial charge in [0.15, 0.2) is 0 Å². The van der Waals surface area contributed by atoms with Gasteiger partial charge in [-0.15, -0.1) is 11.8 Å². The molecule has 0 aromatic heterocycles. The fourth-order valence-corrected chi connectivity index (χ4v) is 3.46. The fraction of sp³-hybridized carbons (Fsp3) is 0.833. The Balaban J connectivity index is 2.74. The quantitative estimate of drug-likeness (QED) is 0.762. The van der Waals surface area contributed by atoms with Crippen LogP contribution in [-0.4, -0.2) is 45.1 Å². The number of hydrogen-bond acceptors (Lipinski definition) is 4. The summed E-state index contributed by atoms with van der Waals surface area (Å²) in [4.78, 5) is 24.9. The fourth-order valence-electron chi connectivity index (χ4n) is 2.10. The largest absolute Gasteiger partial charge is 0.480 e. The molecule has 1 saturated heterocycles. The van der Waals surface area contributed by atoms with Crippen LogP contribution in [0.4, 0.5) is 0 Å². The molecule has 1 amide bonds. The molecule has 1 fully saturated rings. The second-order valence-corrected chi connectivity index (χ2v) is 5.76. The van der Waals surface area contributed by atoms with Crippen molar-refractivity contribution in [2.75, 3.05) is 5.75 Å². The molecule has 1 aliphatic rings. The van der Waals surface area contributed by atoms with Crippen LogP contribution in [0.15, 0.2) is 0 Å². The summed E-state index contributed by atoms with van der Waals surface area (Å²) in [6, 6.07) is -1.29.